The number of hydrogen-bond donors (Lipinski definition) is 3. The van der Waals surface area contributed by atoms with Crippen molar-refractivity contribution in [3.8, 4) is 0 Å². The van der Waals surface area contributed by atoms with Gasteiger partial charge in [-0.15, -0.1) is 5.10 Å². The molecule has 8 nitrogen and oxygen atoms in total. The number of carbonyl (C=O) groups is 2. The van der Waals surface area contributed by atoms with Crippen molar-refractivity contribution in [3.63, 3.8) is 0 Å². The van der Waals surface area contributed by atoms with Gasteiger partial charge in [-0.05, 0) is 40.5 Å². The number of anilines is 2. The average Bonchev–Trinajstić information content (AvgIpc) is 3.21. The maximum absolute atomic E-state index is 14.3. The number of halogens is 2. The number of rotatable bonds is 6. The largest absolute Gasteiger partial charge is 0.355 e. The number of amides is 2. The van der Waals surface area contributed by atoms with Crippen molar-refractivity contribution in [1.82, 2.24) is 15.5 Å². The van der Waals surface area contributed by atoms with Gasteiger partial charge in [0.2, 0.25) is 11.0 Å². The van der Waals surface area contributed by atoms with Crippen LogP contribution in [0, 0.1) is 5.82 Å². The van der Waals surface area contributed by atoms with Gasteiger partial charge < -0.3 is 15.5 Å². The van der Waals surface area contributed by atoms with Crippen LogP contribution < -0.4 is 20.4 Å². The Morgan fingerprint density at radius 2 is 1.97 bits per heavy atom. The predicted molar refractivity (Wildman–Crippen MR) is 131 cm³/mol. The van der Waals surface area contributed by atoms with Crippen LogP contribution in [0.25, 0.3) is 0 Å². The molecule has 34 heavy (non-hydrogen) atoms. The molecule has 1 fully saturated rings. The highest BCUT2D eigenvalue weighted by molar-refractivity contribution is 7.13. The summed E-state index contributed by atoms with van der Waals surface area (Å²) in [4.78, 5) is 39.3. The Kier molecular flexibility index (Phi) is 6.46. The summed E-state index contributed by atoms with van der Waals surface area (Å²) in [5.41, 5.74) is 0.900. The first-order valence-corrected chi connectivity index (χ1v) is 11.8. The minimum atomic E-state index is -1.01. The molecule has 3 aromatic rings. The Labute approximate surface area is 204 Å². The molecular weight excluding hydrogens is 481 g/mol. The van der Waals surface area contributed by atoms with Crippen LogP contribution in [0.2, 0.25) is 5.02 Å². The van der Waals surface area contributed by atoms with Crippen LogP contribution in [0.4, 0.5) is 15.2 Å². The van der Waals surface area contributed by atoms with E-state index in [-0.39, 0.29) is 40.2 Å². The van der Waals surface area contributed by atoms with Gasteiger partial charge in [-0.3, -0.25) is 14.4 Å². The molecule has 178 valence electrons. The van der Waals surface area contributed by atoms with Crippen molar-refractivity contribution < 1.29 is 14.0 Å². The van der Waals surface area contributed by atoms with Gasteiger partial charge in [0.25, 0.3) is 5.91 Å². The molecule has 2 aromatic carbocycles. The van der Waals surface area contributed by atoms with E-state index in [9.17, 15) is 18.8 Å². The summed E-state index contributed by atoms with van der Waals surface area (Å²) in [5.74, 6) is -1.51. The van der Waals surface area contributed by atoms with E-state index in [1.165, 1.54) is 13.1 Å². The van der Waals surface area contributed by atoms with Gasteiger partial charge in [0, 0.05) is 20.1 Å². The van der Waals surface area contributed by atoms with E-state index in [4.69, 9.17) is 11.6 Å². The first-order chi connectivity index (χ1) is 16.2. The SMILES string of the molecule is CNC(=O)c1cc(Cl)c(F)cc1NC(=O)C1(c2ccccc2C(C)C)CN(c2n[nH]c(=O)s2)C1. The van der Waals surface area contributed by atoms with E-state index in [2.05, 4.69) is 20.8 Å². The topological polar surface area (TPSA) is 107 Å². The Morgan fingerprint density at radius 3 is 2.59 bits per heavy atom. The van der Waals surface area contributed by atoms with Gasteiger partial charge >= 0.3 is 4.87 Å². The van der Waals surface area contributed by atoms with Gasteiger partial charge in [-0.25, -0.2) is 9.49 Å². The predicted octanol–water partition coefficient (Wildman–Crippen LogP) is 3.50. The second-order valence-electron chi connectivity index (χ2n) is 8.42. The second-order valence-corrected chi connectivity index (χ2v) is 9.77. The molecular formula is C23H23ClFN5O3S. The normalized spacial score (nSPS) is 14.6. The monoisotopic (exact) mass is 503 g/mol. The summed E-state index contributed by atoms with van der Waals surface area (Å²) in [7, 11) is 1.44. The fraction of sp³-hybridized carbons (Fsp3) is 0.304. The third-order valence-electron chi connectivity index (χ3n) is 5.93. The lowest BCUT2D eigenvalue weighted by atomic mass is 9.70. The van der Waals surface area contributed by atoms with Crippen LogP contribution >= 0.6 is 22.9 Å². The zero-order valence-electron chi connectivity index (χ0n) is 18.7. The molecule has 3 N–H and O–H groups in total. The van der Waals surface area contributed by atoms with Crippen LogP contribution in [0.15, 0.2) is 41.2 Å². The maximum Gasteiger partial charge on any atom is 0.324 e. The summed E-state index contributed by atoms with van der Waals surface area (Å²) in [5, 5.41) is 11.9. The standard InChI is InChI=1S/C23H23ClFN5O3S/c1-12(2)13-6-4-5-7-15(13)23(10-30(11-23)21-28-29-22(33)34-21)20(32)27-18-9-17(25)16(24)8-14(18)19(31)26-3/h4-9,12H,10-11H2,1-3H3,(H,26,31)(H,27,32)(H,29,33). The Balaban J connectivity index is 1.76. The number of benzene rings is 2. The van der Waals surface area contributed by atoms with E-state index >= 15 is 0 Å². The van der Waals surface area contributed by atoms with Gasteiger partial charge in [0.05, 0.1) is 16.3 Å². The first kappa shape index (κ1) is 23.9. The average molecular weight is 504 g/mol. The highest BCUT2D eigenvalue weighted by Crippen LogP contribution is 2.42. The van der Waals surface area contributed by atoms with E-state index in [1.54, 1.807) is 0 Å². The molecule has 0 unspecified atom stereocenters. The maximum atomic E-state index is 14.3. The third kappa shape index (κ3) is 4.19. The van der Waals surface area contributed by atoms with Crippen molar-refractivity contribution in [2.75, 3.05) is 30.4 Å². The van der Waals surface area contributed by atoms with E-state index in [0.717, 1.165) is 28.5 Å². The zero-order valence-corrected chi connectivity index (χ0v) is 20.3. The smallest absolute Gasteiger partial charge is 0.324 e. The van der Waals surface area contributed by atoms with Gasteiger partial charge in [0.15, 0.2) is 0 Å². The van der Waals surface area contributed by atoms with Crippen molar-refractivity contribution in [1.29, 1.82) is 0 Å². The van der Waals surface area contributed by atoms with Crippen molar-refractivity contribution in [2.24, 2.45) is 0 Å². The number of H-pyrrole nitrogens is 1. The third-order valence-corrected chi connectivity index (χ3v) is 7.03. The van der Waals surface area contributed by atoms with Crippen LogP contribution in [0.1, 0.15) is 41.3 Å². The van der Waals surface area contributed by atoms with Crippen molar-refractivity contribution in [3.05, 3.63) is 73.6 Å². The zero-order chi connectivity index (χ0) is 24.6. The summed E-state index contributed by atoms with van der Waals surface area (Å²) < 4.78 is 14.3. The number of nitrogens with one attached hydrogen (secondary N) is 3. The molecule has 0 aliphatic carbocycles. The van der Waals surface area contributed by atoms with Crippen molar-refractivity contribution in [2.45, 2.75) is 25.2 Å². The Bertz CT molecular complexity index is 1320. The van der Waals surface area contributed by atoms with Crippen LogP contribution in [-0.4, -0.2) is 42.1 Å². The molecule has 0 saturated carbocycles. The molecule has 0 radical (unpaired) electrons. The molecule has 1 aliphatic heterocycles. The summed E-state index contributed by atoms with van der Waals surface area (Å²) >= 11 is 6.85. The van der Waals surface area contributed by atoms with Crippen LogP contribution in [-0.2, 0) is 10.2 Å². The molecule has 4 rings (SSSR count). The summed E-state index contributed by atoms with van der Waals surface area (Å²) in [6.45, 7) is 4.60. The minimum Gasteiger partial charge on any atom is -0.355 e. The molecule has 0 bridgehead atoms. The molecule has 1 aliphatic rings. The van der Waals surface area contributed by atoms with Crippen LogP contribution in [0.3, 0.4) is 0 Å². The number of hydrogen-bond acceptors (Lipinski definition) is 6. The number of aromatic amines is 1. The lowest BCUT2D eigenvalue weighted by molar-refractivity contribution is -0.122. The summed E-state index contributed by atoms with van der Waals surface area (Å²) in [6.07, 6.45) is 0. The lowest BCUT2D eigenvalue weighted by Crippen LogP contribution is -2.65. The first-order valence-electron chi connectivity index (χ1n) is 10.6. The quantitative estimate of drug-likeness (QED) is 0.477. The van der Waals surface area contributed by atoms with Gasteiger partial charge in [0.1, 0.15) is 11.2 Å². The fourth-order valence-electron chi connectivity index (χ4n) is 4.19. The Hall–Kier alpha value is -3.24. The molecule has 2 heterocycles. The minimum absolute atomic E-state index is 0.0236. The van der Waals surface area contributed by atoms with E-state index < -0.39 is 23.0 Å². The molecule has 0 spiro atoms. The molecule has 0 atom stereocenters. The molecule has 2 amide bonds. The Morgan fingerprint density at radius 1 is 1.26 bits per heavy atom. The number of carbonyl (C=O) groups excluding carboxylic acids is 2. The molecule has 11 heteroatoms. The fourth-order valence-corrected chi connectivity index (χ4v) is 4.96. The number of aromatic nitrogens is 2. The number of nitrogens with zero attached hydrogens (tertiary/aromatic N) is 2. The highest BCUT2D eigenvalue weighted by atomic mass is 35.5. The van der Waals surface area contributed by atoms with E-state index in [0.29, 0.717) is 5.13 Å². The molecule has 1 saturated heterocycles. The van der Waals surface area contributed by atoms with Crippen LogP contribution in [0.5, 0.6) is 0 Å². The van der Waals surface area contributed by atoms with Gasteiger partial charge in [-0.2, -0.15) is 0 Å². The lowest BCUT2D eigenvalue weighted by Gasteiger charge is -2.49. The summed E-state index contributed by atoms with van der Waals surface area (Å²) in [6, 6.07) is 9.89. The van der Waals surface area contributed by atoms with E-state index in [1.807, 2.05) is 43.0 Å². The second kappa shape index (κ2) is 9.19. The van der Waals surface area contributed by atoms with Gasteiger partial charge in [-0.1, -0.05) is 49.7 Å². The van der Waals surface area contributed by atoms with Crippen molar-refractivity contribution >= 4 is 45.6 Å². The molecule has 1 aromatic heterocycles. The highest BCUT2D eigenvalue weighted by Gasteiger charge is 2.53.